The van der Waals surface area contributed by atoms with Crippen molar-refractivity contribution < 1.29 is 80.2 Å². The Morgan fingerprint density at radius 3 is 0.656 bits per heavy atom. The van der Waals surface area contributed by atoms with Gasteiger partial charge < -0.3 is 33.8 Å². The van der Waals surface area contributed by atoms with Gasteiger partial charge in [0.25, 0.3) is 0 Å². The van der Waals surface area contributed by atoms with Crippen LogP contribution in [0.15, 0.2) is 0 Å². The summed E-state index contributed by atoms with van der Waals surface area (Å²) >= 11 is 0. The number of phosphoric acid groups is 2. The van der Waals surface area contributed by atoms with Crippen LogP contribution in [0.3, 0.4) is 0 Å². The summed E-state index contributed by atoms with van der Waals surface area (Å²) in [5.41, 5.74) is 0. The summed E-state index contributed by atoms with van der Waals surface area (Å²) in [6.45, 7) is 4.90. The summed E-state index contributed by atoms with van der Waals surface area (Å²) in [5, 5.41) is 10.6. The summed E-state index contributed by atoms with van der Waals surface area (Å²) in [4.78, 5) is 72.4. The van der Waals surface area contributed by atoms with Gasteiger partial charge in [-0.1, -0.05) is 323 Å². The van der Waals surface area contributed by atoms with Crippen molar-refractivity contribution in [3.63, 3.8) is 0 Å². The molecule has 17 nitrogen and oxygen atoms in total. The standard InChI is InChI=1S/C71H138O17P2/c1-5-9-13-17-21-25-27-29-31-33-35-37-39-41-45-48-52-56-69(74)82-62-67(88-71(76)58-54-50-46-42-40-38-36-34-32-30-28-26-22-18-14-10-6-2)64-86-90(79,80)84-60-65(72)59-83-89(77,78)85-63-66(87-70(75)57-53-49-44-24-20-16-12-8-4)61-81-68(73)55-51-47-43-23-19-15-11-7-3/h65-67,72H,5-64H2,1-4H3,(H,77,78)(H,79,80)/t65-,66+,67+/m0/s1. The predicted octanol–water partition coefficient (Wildman–Crippen LogP) is 20.7. The van der Waals surface area contributed by atoms with Crippen molar-refractivity contribution in [3.05, 3.63) is 0 Å². The van der Waals surface area contributed by atoms with Gasteiger partial charge in [0, 0.05) is 25.7 Å². The number of carbonyl (C=O) groups is 4. The summed E-state index contributed by atoms with van der Waals surface area (Å²) in [6.07, 6.45) is 54.3. The van der Waals surface area contributed by atoms with Crippen molar-refractivity contribution >= 4 is 39.5 Å². The summed E-state index contributed by atoms with van der Waals surface area (Å²) in [5.74, 6) is -2.12. The summed E-state index contributed by atoms with van der Waals surface area (Å²) < 4.78 is 68.2. The largest absolute Gasteiger partial charge is 0.472 e. The topological polar surface area (TPSA) is 237 Å². The van der Waals surface area contributed by atoms with E-state index in [2.05, 4.69) is 27.7 Å². The molecule has 534 valence electrons. The summed E-state index contributed by atoms with van der Waals surface area (Å²) in [6, 6.07) is 0. The van der Waals surface area contributed by atoms with Crippen LogP contribution in [0, 0.1) is 0 Å². The van der Waals surface area contributed by atoms with Crippen molar-refractivity contribution in [2.24, 2.45) is 0 Å². The van der Waals surface area contributed by atoms with Crippen molar-refractivity contribution in [2.45, 2.75) is 393 Å². The van der Waals surface area contributed by atoms with Crippen LogP contribution in [0.4, 0.5) is 0 Å². The van der Waals surface area contributed by atoms with E-state index in [4.69, 9.17) is 37.0 Å². The van der Waals surface area contributed by atoms with Crippen molar-refractivity contribution in [2.75, 3.05) is 39.6 Å². The lowest BCUT2D eigenvalue weighted by atomic mass is 10.0. The minimum absolute atomic E-state index is 0.105. The molecule has 0 rings (SSSR count). The lowest BCUT2D eigenvalue weighted by Crippen LogP contribution is -2.30. The molecule has 5 atom stereocenters. The zero-order chi connectivity index (χ0) is 66.1. The number of hydrogen-bond donors (Lipinski definition) is 3. The molecule has 0 radical (unpaired) electrons. The van der Waals surface area contributed by atoms with E-state index in [0.717, 1.165) is 103 Å². The van der Waals surface area contributed by atoms with E-state index >= 15 is 0 Å². The van der Waals surface area contributed by atoms with Gasteiger partial charge in [-0.05, 0) is 25.7 Å². The highest BCUT2D eigenvalue weighted by Crippen LogP contribution is 2.45. The van der Waals surface area contributed by atoms with Crippen LogP contribution < -0.4 is 0 Å². The van der Waals surface area contributed by atoms with Gasteiger partial charge in [-0.2, -0.15) is 0 Å². The number of phosphoric ester groups is 2. The average molecular weight is 1330 g/mol. The van der Waals surface area contributed by atoms with Gasteiger partial charge in [-0.15, -0.1) is 0 Å². The molecule has 0 aliphatic rings. The molecule has 0 heterocycles. The maximum atomic E-state index is 13.0. The molecule has 19 heteroatoms. The van der Waals surface area contributed by atoms with Gasteiger partial charge in [-0.3, -0.25) is 37.3 Å². The molecule has 0 bridgehead atoms. The van der Waals surface area contributed by atoms with Crippen LogP contribution in [-0.4, -0.2) is 96.7 Å². The zero-order valence-electron chi connectivity index (χ0n) is 58.1. The molecule has 0 aromatic rings. The van der Waals surface area contributed by atoms with E-state index in [1.165, 1.54) is 193 Å². The summed E-state index contributed by atoms with van der Waals surface area (Å²) in [7, 11) is -9.89. The van der Waals surface area contributed by atoms with Crippen LogP contribution in [0.2, 0.25) is 0 Å². The number of unbranched alkanes of at least 4 members (excludes halogenated alkanes) is 46. The molecule has 0 saturated carbocycles. The highest BCUT2D eigenvalue weighted by atomic mass is 31.2. The van der Waals surface area contributed by atoms with E-state index in [-0.39, 0.29) is 25.7 Å². The first-order valence-electron chi connectivity index (χ1n) is 37.3. The molecule has 0 amide bonds. The normalized spacial score (nSPS) is 14.0. The molecule has 0 aliphatic carbocycles. The number of aliphatic hydroxyl groups is 1. The Bertz CT molecular complexity index is 1720. The molecule has 0 aliphatic heterocycles. The number of rotatable bonds is 72. The predicted molar refractivity (Wildman–Crippen MR) is 363 cm³/mol. The Labute approximate surface area is 549 Å². The number of hydrogen-bond acceptors (Lipinski definition) is 15. The van der Waals surface area contributed by atoms with Gasteiger partial charge in [0.2, 0.25) is 0 Å². The highest BCUT2D eigenvalue weighted by Gasteiger charge is 2.30. The Morgan fingerprint density at radius 2 is 0.444 bits per heavy atom. The van der Waals surface area contributed by atoms with Crippen LogP contribution >= 0.6 is 15.6 Å². The van der Waals surface area contributed by atoms with Crippen molar-refractivity contribution in [1.82, 2.24) is 0 Å². The fourth-order valence-corrected chi connectivity index (χ4v) is 12.4. The first kappa shape index (κ1) is 88.1. The fourth-order valence-electron chi connectivity index (χ4n) is 10.9. The lowest BCUT2D eigenvalue weighted by Gasteiger charge is -2.21. The first-order valence-corrected chi connectivity index (χ1v) is 40.3. The van der Waals surface area contributed by atoms with E-state index in [0.29, 0.717) is 25.7 Å². The van der Waals surface area contributed by atoms with E-state index < -0.39 is 97.5 Å². The highest BCUT2D eigenvalue weighted by molar-refractivity contribution is 7.47. The molecule has 2 unspecified atom stereocenters. The van der Waals surface area contributed by atoms with E-state index in [1.807, 2.05) is 0 Å². The van der Waals surface area contributed by atoms with Crippen LogP contribution in [-0.2, 0) is 65.4 Å². The van der Waals surface area contributed by atoms with E-state index in [9.17, 15) is 43.2 Å². The van der Waals surface area contributed by atoms with Crippen molar-refractivity contribution in [1.29, 1.82) is 0 Å². The van der Waals surface area contributed by atoms with Gasteiger partial charge >= 0.3 is 39.5 Å². The quantitative estimate of drug-likeness (QED) is 0.0222. The van der Waals surface area contributed by atoms with Crippen LogP contribution in [0.25, 0.3) is 0 Å². The second-order valence-corrected chi connectivity index (χ2v) is 28.5. The third-order valence-corrected chi connectivity index (χ3v) is 18.5. The molecule has 0 saturated heterocycles. The third kappa shape index (κ3) is 64.8. The number of esters is 4. The maximum absolute atomic E-state index is 13.0. The number of aliphatic hydroxyl groups excluding tert-OH is 1. The molecule has 0 aromatic heterocycles. The molecule has 0 aromatic carbocycles. The third-order valence-electron chi connectivity index (χ3n) is 16.6. The molecule has 3 N–H and O–H groups in total. The molecule has 0 fully saturated rings. The monoisotopic (exact) mass is 1320 g/mol. The van der Waals surface area contributed by atoms with Gasteiger partial charge in [-0.25, -0.2) is 9.13 Å². The first-order chi connectivity index (χ1) is 43.7. The Kier molecular flexibility index (Phi) is 64.3. The second-order valence-electron chi connectivity index (χ2n) is 25.6. The minimum atomic E-state index is -4.95. The van der Waals surface area contributed by atoms with Crippen molar-refractivity contribution in [3.8, 4) is 0 Å². The Morgan fingerprint density at radius 1 is 0.267 bits per heavy atom. The molecule has 90 heavy (non-hydrogen) atoms. The van der Waals surface area contributed by atoms with Gasteiger partial charge in [0.1, 0.15) is 19.3 Å². The Balaban J connectivity index is 5.17. The second kappa shape index (κ2) is 65.7. The smallest absolute Gasteiger partial charge is 0.462 e. The number of ether oxygens (including phenoxy) is 4. The lowest BCUT2D eigenvalue weighted by molar-refractivity contribution is -0.161. The molecule has 0 spiro atoms. The fraction of sp³-hybridized carbons (Fsp3) is 0.944. The molecular weight excluding hydrogens is 1190 g/mol. The minimum Gasteiger partial charge on any atom is -0.462 e. The number of carbonyl (C=O) groups excluding carboxylic acids is 4. The zero-order valence-corrected chi connectivity index (χ0v) is 59.9. The van der Waals surface area contributed by atoms with Gasteiger partial charge in [0.15, 0.2) is 12.2 Å². The molecular formula is C71H138O17P2. The Hall–Kier alpha value is -1.94. The van der Waals surface area contributed by atoms with Crippen LogP contribution in [0.5, 0.6) is 0 Å². The average Bonchev–Trinajstić information content (AvgIpc) is 3.25. The van der Waals surface area contributed by atoms with E-state index in [1.54, 1.807) is 0 Å². The van der Waals surface area contributed by atoms with Crippen LogP contribution in [0.1, 0.15) is 374 Å². The maximum Gasteiger partial charge on any atom is 0.472 e. The SMILES string of the molecule is CCCCCCCCCCCCCCCCCCCC(=O)OC[C@H](COP(=O)(O)OC[C@@H](O)COP(=O)(O)OC[C@@H](COC(=O)CCCCCCCCCC)OC(=O)CCCCCCCCCC)OC(=O)CCCCCCCCCCCCCCCCCCC. The van der Waals surface area contributed by atoms with Gasteiger partial charge in [0.05, 0.1) is 26.4 Å².